The number of rotatable bonds is 5. The lowest BCUT2D eigenvalue weighted by atomic mass is 10.0. The minimum Gasteiger partial charge on any atom is -0.390 e. The fourth-order valence-electron chi connectivity index (χ4n) is 3.05. The summed E-state index contributed by atoms with van der Waals surface area (Å²) in [6, 6.07) is 15.9. The molecule has 2 aromatic carbocycles. The van der Waals surface area contributed by atoms with Crippen LogP contribution >= 0.6 is 0 Å². The van der Waals surface area contributed by atoms with Gasteiger partial charge in [0.2, 0.25) is 0 Å². The number of nitrogens with one attached hydrogen (secondary N) is 1. The van der Waals surface area contributed by atoms with E-state index in [-0.39, 0.29) is 23.5 Å². The highest BCUT2D eigenvalue weighted by Crippen LogP contribution is 2.19. The molecule has 0 bridgehead atoms. The third kappa shape index (κ3) is 5.55. The molecule has 2 aromatic rings. The van der Waals surface area contributed by atoms with Crippen molar-refractivity contribution in [3.8, 4) is 0 Å². The van der Waals surface area contributed by atoms with Crippen LogP contribution in [0, 0.1) is 5.82 Å². The number of hydrogen-bond acceptors (Lipinski definition) is 3. The summed E-state index contributed by atoms with van der Waals surface area (Å²) < 4.78 is 13.6. The van der Waals surface area contributed by atoms with Crippen LogP contribution in [0.25, 0.3) is 0 Å². The molecule has 0 saturated carbocycles. The lowest BCUT2D eigenvalue weighted by Crippen LogP contribution is -2.50. The van der Waals surface area contributed by atoms with Gasteiger partial charge in [-0.15, -0.1) is 0 Å². The summed E-state index contributed by atoms with van der Waals surface area (Å²) in [5.41, 5.74) is 2.24. The van der Waals surface area contributed by atoms with Gasteiger partial charge in [-0.3, -0.25) is 0 Å². The van der Waals surface area contributed by atoms with Crippen LogP contribution in [0.4, 0.5) is 9.18 Å². The molecule has 1 aliphatic heterocycles. The van der Waals surface area contributed by atoms with Crippen molar-refractivity contribution in [1.29, 1.82) is 0 Å². The zero-order valence-electron chi connectivity index (χ0n) is 16.5. The van der Waals surface area contributed by atoms with Gasteiger partial charge in [0, 0.05) is 18.5 Å². The highest BCUT2D eigenvalue weighted by molar-refractivity contribution is 6.01. The van der Waals surface area contributed by atoms with Gasteiger partial charge < -0.3 is 15.1 Å². The summed E-state index contributed by atoms with van der Waals surface area (Å²) in [5, 5.41) is 7.17. The van der Waals surface area contributed by atoms with Gasteiger partial charge in [-0.2, -0.15) is 0 Å². The highest BCUT2D eigenvalue weighted by Gasteiger charge is 2.28. The molecule has 2 amide bonds. The normalized spacial score (nSPS) is 16.3. The number of nitrogens with zero attached hydrogens (tertiary/aromatic N) is 2. The van der Waals surface area contributed by atoms with Crippen LogP contribution in [0.15, 0.2) is 59.8 Å². The Hall–Kier alpha value is -2.89. The van der Waals surface area contributed by atoms with E-state index in [2.05, 4.69) is 10.5 Å². The summed E-state index contributed by atoms with van der Waals surface area (Å²) in [7, 11) is 0. The fraction of sp³-hybridized carbons (Fsp3) is 0.364. The van der Waals surface area contributed by atoms with E-state index in [0.29, 0.717) is 19.5 Å². The molecule has 0 aliphatic carbocycles. The van der Waals surface area contributed by atoms with Crippen LogP contribution in [0.1, 0.15) is 38.3 Å². The molecule has 6 heteroatoms. The molecular formula is C22H26FN3O2. The van der Waals surface area contributed by atoms with Crippen molar-refractivity contribution in [2.24, 2.45) is 5.16 Å². The van der Waals surface area contributed by atoms with E-state index in [9.17, 15) is 9.18 Å². The summed E-state index contributed by atoms with van der Waals surface area (Å²) in [5.74, 6) is -0.319. The molecule has 0 unspecified atom stereocenters. The van der Waals surface area contributed by atoms with Crippen molar-refractivity contribution in [2.75, 3.05) is 6.54 Å². The van der Waals surface area contributed by atoms with E-state index in [0.717, 1.165) is 16.8 Å². The maximum atomic E-state index is 13.6. The molecule has 1 heterocycles. The predicted molar refractivity (Wildman–Crippen MR) is 108 cm³/mol. The Morgan fingerprint density at radius 1 is 1.21 bits per heavy atom. The van der Waals surface area contributed by atoms with Crippen molar-refractivity contribution < 1.29 is 14.0 Å². The zero-order chi connectivity index (χ0) is 20.1. The number of oxime groups is 1. The SMILES string of the molecule is CC(C)(C)NC(=O)N(Cc1cccc(F)c1)C[C@@H]1CC(c2ccccc2)=NO1. The molecule has 1 N–H and O–H groups in total. The maximum Gasteiger partial charge on any atom is 0.318 e. The van der Waals surface area contributed by atoms with Crippen LogP contribution in [-0.4, -0.2) is 34.8 Å². The average Bonchev–Trinajstić information content (AvgIpc) is 3.09. The third-order valence-electron chi connectivity index (χ3n) is 4.30. The molecule has 148 valence electrons. The number of halogens is 1. The monoisotopic (exact) mass is 383 g/mol. The lowest BCUT2D eigenvalue weighted by molar-refractivity contribution is 0.0580. The van der Waals surface area contributed by atoms with E-state index in [1.165, 1.54) is 12.1 Å². The molecule has 5 nitrogen and oxygen atoms in total. The Balaban J connectivity index is 1.69. The van der Waals surface area contributed by atoms with E-state index in [4.69, 9.17) is 4.84 Å². The lowest BCUT2D eigenvalue weighted by Gasteiger charge is -2.29. The summed E-state index contributed by atoms with van der Waals surface area (Å²) >= 11 is 0. The summed E-state index contributed by atoms with van der Waals surface area (Å²) in [4.78, 5) is 20.0. The maximum absolute atomic E-state index is 13.6. The number of urea groups is 1. The van der Waals surface area contributed by atoms with Crippen LogP contribution in [0.5, 0.6) is 0 Å². The number of carbonyl (C=O) groups is 1. The average molecular weight is 383 g/mol. The molecule has 0 spiro atoms. The van der Waals surface area contributed by atoms with Gasteiger partial charge in [-0.25, -0.2) is 9.18 Å². The Morgan fingerprint density at radius 3 is 2.64 bits per heavy atom. The predicted octanol–water partition coefficient (Wildman–Crippen LogP) is 4.33. The Kier molecular flexibility index (Phi) is 5.97. The van der Waals surface area contributed by atoms with Crippen molar-refractivity contribution in [1.82, 2.24) is 10.2 Å². The van der Waals surface area contributed by atoms with Gasteiger partial charge in [0.25, 0.3) is 0 Å². The largest absolute Gasteiger partial charge is 0.390 e. The minimum absolute atomic E-state index is 0.214. The highest BCUT2D eigenvalue weighted by atomic mass is 19.1. The molecule has 0 radical (unpaired) electrons. The second-order valence-corrected chi connectivity index (χ2v) is 8.03. The molecule has 0 saturated heterocycles. The van der Waals surface area contributed by atoms with Crippen LogP contribution in [0.2, 0.25) is 0 Å². The minimum atomic E-state index is -0.375. The van der Waals surface area contributed by atoms with Crippen LogP contribution < -0.4 is 5.32 Å². The third-order valence-corrected chi connectivity index (χ3v) is 4.30. The number of amides is 2. The summed E-state index contributed by atoms with van der Waals surface area (Å²) in [6.07, 6.45) is 0.376. The van der Waals surface area contributed by atoms with Gasteiger partial charge in [0.1, 0.15) is 5.82 Å². The number of hydrogen-bond donors (Lipinski definition) is 1. The molecule has 1 atom stereocenters. The van der Waals surface area contributed by atoms with Gasteiger partial charge >= 0.3 is 6.03 Å². The van der Waals surface area contributed by atoms with Crippen molar-refractivity contribution in [3.05, 3.63) is 71.5 Å². The number of carbonyl (C=O) groups excluding carboxylic acids is 1. The fourth-order valence-corrected chi connectivity index (χ4v) is 3.05. The Bertz CT molecular complexity index is 846. The quantitative estimate of drug-likeness (QED) is 0.836. The van der Waals surface area contributed by atoms with Gasteiger partial charge in [-0.05, 0) is 44.0 Å². The van der Waals surface area contributed by atoms with Gasteiger partial charge in [0.05, 0.1) is 12.3 Å². The Morgan fingerprint density at radius 2 is 1.96 bits per heavy atom. The van der Waals surface area contributed by atoms with Gasteiger partial charge in [0.15, 0.2) is 6.10 Å². The standard InChI is InChI=1S/C22H26FN3O2/c1-22(2,3)24-21(27)26(14-16-8-7-11-18(23)12-16)15-19-13-20(25-28-19)17-9-5-4-6-10-17/h4-12,19H,13-15H2,1-3H3,(H,24,27)/t19-/m0/s1. The molecule has 0 aromatic heterocycles. The topological polar surface area (TPSA) is 53.9 Å². The van der Waals surface area contributed by atoms with Crippen LogP contribution in [0.3, 0.4) is 0 Å². The van der Waals surface area contributed by atoms with Crippen molar-refractivity contribution >= 4 is 11.7 Å². The van der Waals surface area contributed by atoms with Crippen molar-refractivity contribution in [2.45, 2.75) is 45.4 Å². The summed E-state index contributed by atoms with van der Waals surface area (Å²) in [6.45, 7) is 6.42. The molecular weight excluding hydrogens is 357 g/mol. The van der Waals surface area contributed by atoms with E-state index >= 15 is 0 Å². The molecule has 1 aliphatic rings. The smallest absolute Gasteiger partial charge is 0.318 e. The van der Waals surface area contributed by atoms with E-state index in [1.807, 2.05) is 57.2 Å². The first kappa shape index (κ1) is 19.9. The Labute approximate surface area is 165 Å². The van der Waals surface area contributed by atoms with Crippen molar-refractivity contribution in [3.63, 3.8) is 0 Å². The number of benzene rings is 2. The second-order valence-electron chi connectivity index (χ2n) is 8.03. The molecule has 3 rings (SSSR count). The first-order valence-electron chi connectivity index (χ1n) is 9.40. The van der Waals surface area contributed by atoms with E-state index in [1.54, 1.807) is 11.0 Å². The van der Waals surface area contributed by atoms with Gasteiger partial charge in [-0.1, -0.05) is 47.6 Å². The second kappa shape index (κ2) is 8.42. The zero-order valence-corrected chi connectivity index (χ0v) is 16.5. The molecule has 0 fully saturated rings. The van der Waals surface area contributed by atoms with E-state index < -0.39 is 0 Å². The van der Waals surface area contributed by atoms with Crippen LogP contribution in [-0.2, 0) is 11.4 Å². The molecule has 28 heavy (non-hydrogen) atoms. The first-order valence-corrected chi connectivity index (χ1v) is 9.40. The first-order chi connectivity index (χ1) is 13.3.